The molecular formula is C18H15O2P. The van der Waals surface area contributed by atoms with Crippen LogP contribution in [0.5, 0.6) is 11.5 Å². The molecular weight excluding hydrogens is 279 g/mol. The van der Waals surface area contributed by atoms with E-state index < -0.39 is 8.15 Å². The van der Waals surface area contributed by atoms with Crippen molar-refractivity contribution >= 4 is 18.8 Å². The quantitative estimate of drug-likeness (QED) is 0.741. The summed E-state index contributed by atoms with van der Waals surface area (Å²) < 4.78 is 6.13. The molecule has 0 saturated carbocycles. The minimum absolute atomic E-state index is 0.164. The number of aromatic hydroxyl groups is 1. The number of phenols is 1. The van der Waals surface area contributed by atoms with E-state index >= 15 is 0 Å². The van der Waals surface area contributed by atoms with Gasteiger partial charge in [-0.2, -0.15) is 0 Å². The van der Waals surface area contributed by atoms with E-state index in [1.54, 1.807) is 18.2 Å². The second-order valence-electron chi connectivity index (χ2n) is 4.52. The molecule has 21 heavy (non-hydrogen) atoms. The molecule has 0 aliphatic carbocycles. The van der Waals surface area contributed by atoms with E-state index in [9.17, 15) is 5.11 Å². The third-order valence-corrected chi connectivity index (χ3v) is 4.95. The van der Waals surface area contributed by atoms with Crippen molar-refractivity contribution in [3.63, 3.8) is 0 Å². The van der Waals surface area contributed by atoms with Crippen molar-refractivity contribution in [1.29, 1.82) is 0 Å². The van der Waals surface area contributed by atoms with Gasteiger partial charge in [0.25, 0.3) is 0 Å². The first-order valence-electron chi connectivity index (χ1n) is 6.71. The van der Waals surface area contributed by atoms with Crippen LogP contribution in [-0.2, 0) is 0 Å². The zero-order valence-corrected chi connectivity index (χ0v) is 12.3. The standard InChI is InChI=1S/C18H15O2P/c19-17-13-7-8-14-18(17)20-21(15-9-3-1-4-10-15)16-11-5-2-6-12-16/h1-14,19H. The van der Waals surface area contributed by atoms with Crippen LogP contribution in [-0.4, -0.2) is 5.11 Å². The lowest BCUT2D eigenvalue weighted by Crippen LogP contribution is -2.15. The summed E-state index contributed by atoms with van der Waals surface area (Å²) in [6, 6.07) is 27.3. The molecule has 0 bridgehead atoms. The molecule has 0 aliphatic rings. The maximum absolute atomic E-state index is 9.94. The third kappa shape index (κ3) is 3.24. The molecule has 0 aliphatic heterocycles. The number of para-hydroxylation sites is 2. The molecule has 0 radical (unpaired) electrons. The lowest BCUT2D eigenvalue weighted by molar-refractivity contribution is 0.448. The molecule has 1 N–H and O–H groups in total. The number of hydrogen-bond acceptors (Lipinski definition) is 2. The Bertz CT molecular complexity index is 659. The van der Waals surface area contributed by atoms with Gasteiger partial charge in [0, 0.05) is 10.6 Å². The van der Waals surface area contributed by atoms with Crippen molar-refractivity contribution in [2.24, 2.45) is 0 Å². The smallest absolute Gasteiger partial charge is 0.165 e. The fourth-order valence-corrected chi connectivity index (χ4v) is 3.76. The van der Waals surface area contributed by atoms with E-state index in [1.165, 1.54) is 0 Å². The van der Waals surface area contributed by atoms with Crippen LogP contribution >= 0.6 is 8.15 Å². The third-order valence-electron chi connectivity index (χ3n) is 3.04. The van der Waals surface area contributed by atoms with Gasteiger partial charge >= 0.3 is 0 Å². The Morgan fingerprint density at radius 2 is 1.10 bits per heavy atom. The second kappa shape index (κ2) is 6.43. The Labute approximate surface area is 125 Å². The molecule has 0 amide bonds. The predicted molar refractivity (Wildman–Crippen MR) is 87.8 cm³/mol. The fourth-order valence-electron chi connectivity index (χ4n) is 2.01. The van der Waals surface area contributed by atoms with E-state index in [2.05, 4.69) is 24.3 Å². The average molecular weight is 294 g/mol. The molecule has 3 aromatic carbocycles. The summed E-state index contributed by atoms with van der Waals surface area (Å²) >= 11 is 0. The van der Waals surface area contributed by atoms with E-state index in [1.807, 2.05) is 42.5 Å². The Hall–Kier alpha value is -2.31. The van der Waals surface area contributed by atoms with Crippen molar-refractivity contribution in [2.75, 3.05) is 0 Å². The first-order valence-corrected chi connectivity index (χ1v) is 7.97. The van der Waals surface area contributed by atoms with Gasteiger partial charge in [-0.25, -0.2) is 0 Å². The van der Waals surface area contributed by atoms with Crippen LogP contribution in [0.4, 0.5) is 0 Å². The molecule has 3 aromatic rings. The lowest BCUT2D eigenvalue weighted by Gasteiger charge is -2.19. The minimum Gasteiger partial charge on any atom is -0.504 e. The molecule has 104 valence electrons. The van der Waals surface area contributed by atoms with Gasteiger partial charge in [-0.1, -0.05) is 72.8 Å². The molecule has 0 unspecified atom stereocenters. The van der Waals surface area contributed by atoms with E-state index in [-0.39, 0.29) is 5.75 Å². The van der Waals surface area contributed by atoms with Crippen molar-refractivity contribution in [3.8, 4) is 11.5 Å². The summed E-state index contributed by atoms with van der Waals surface area (Å²) in [5.41, 5.74) is 0. The summed E-state index contributed by atoms with van der Waals surface area (Å²) in [5.74, 6) is 0.674. The van der Waals surface area contributed by atoms with Gasteiger partial charge in [0.2, 0.25) is 0 Å². The van der Waals surface area contributed by atoms with Crippen LogP contribution < -0.4 is 15.1 Å². The van der Waals surface area contributed by atoms with Crippen LogP contribution in [0.1, 0.15) is 0 Å². The average Bonchev–Trinajstić information content (AvgIpc) is 2.56. The number of rotatable bonds is 4. The summed E-state index contributed by atoms with van der Waals surface area (Å²) in [6.45, 7) is 0. The topological polar surface area (TPSA) is 29.5 Å². The van der Waals surface area contributed by atoms with Gasteiger partial charge < -0.3 is 9.63 Å². The summed E-state index contributed by atoms with van der Waals surface area (Å²) in [6.07, 6.45) is 0. The summed E-state index contributed by atoms with van der Waals surface area (Å²) in [7, 11) is -1.00. The SMILES string of the molecule is Oc1ccccc1OP(c1ccccc1)c1ccccc1. The Morgan fingerprint density at radius 1 is 0.619 bits per heavy atom. The number of hydrogen-bond donors (Lipinski definition) is 1. The highest BCUT2D eigenvalue weighted by atomic mass is 31.1. The zero-order chi connectivity index (χ0) is 14.5. The molecule has 3 heteroatoms. The van der Waals surface area contributed by atoms with Gasteiger partial charge in [-0.15, -0.1) is 0 Å². The summed E-state index contributed by atoms with van der Waals surface area (Å²) in [5, 5.41) is 12.2. The van der Waals surface area contributed by atoms with Crippen LogP contribution in [0.2, 0.25) is 0 Å². The Morgan fingerprint density at radius 3 is 1.62 bits per heavy atom. The van der Waals surface area contributed by atoms with Gasteiger partial charge in [0.05, 0.1) is 0 Å². The van der Waals surface area contributed by atoms with Crippen molar-refractivity contribution in [3.05, 3.63) is 84.9 Å². The molecule has 0 spiro atoms. The van der Waals surface area contributed by atoms with Crippen LogP contribution in [0.15, 0.2) is 84.9 Å². The molecule has 0 heterocycles. The predicted octanol–water partition coefficient (Wildman–Crippen LogP) is 3.82. The highest BCUT2D eigenvalue weighted by Gasteiger charge is 2.17. The highest BCUT2D eigenvalue weighted by Crippen LogP contribution is 2.40. The maximum Gasteiger partial charge on any atom is 0.165 e. The van der Waals surface area contributed by atoms with Gasteiger partial charge in [-0.3, -0.25) is 0 Å². The zero-order valence-electron chi connectivity index (χ0n) is 11.4. The van der Waals surface area contributed by atoms with Gasteiger partial charge in [0.15, 0.2) is 19.6 Å². The molecule has 3 rings (SSSR count). The number of benzene rings is 3. The monoisotopic (exact) mass is 294 g/mol. The largest absolute Gasteiger partial charge is 0.504 e. The van der Waals surface area contributed by atoms with E-state index in [4.69, 9.17) is 4.52 Å². The molecule has 2 nitrogen and oxygen atoms in total. The van der Waals surface area contributed by atoms with Crippen molar-refractivity contribution in [2.45, 2.75) is 0 Å². The van der Waals surface area contributed by atoms with Crippen molar-refractivity contribution in [1.82, 2.24) is 0 Å². The summed E-state index contributed by atoms with van der Waals surface area (Å²) in [4.78, 5) is 0. The van der Waals surface area contributed by atoms with Crippen molar-refractivity contribution < 1.29 is 9.63 Å². The number of phenolic OH excluding ortho intramolecular Hbond substituents is 1. The Kier molecular flexibility index (Phi) is 4.18. The van der Waals surface area contributed by atoms with E-state index in [0.29, 0.717) is 5.75 Å². The molecule has 0 fully saturated rings. The first kappa shape index (κ1) is 13.7. The van der Waals surface area contributed by atoms with Gasteiger partial charge in [-0.05, 0) is 12.1 Å². The minimum atomic E-state index is -1.00. The van der Waals surface area contributed by atoms with E-state index in [0.717, 1.165) is 10.6 Å². The lowest BCUT2D eigenvalue weighted by atomic mass is 10.3. The Balaban J connectivity index is 1.99. The highest BCUT2D eigenvalue weighted by molar-refractivity contribution is 7.68. The van der Waals surface area contributed by atoms with Crippen LogP contribution in [0, 0.1) is 0 Å². The normalized spacial score (nSPS) is 10.5. The fraction of sp³-hybridized carbons (Fsp3) is 0. The van der Waals surface area contributed by atoms with Gasteiger partial charge in [0.1, 0.15) is 0 Å². The van der Waals surface area contributed by atoms with Crippen LogP contribution in [0.3, 0.4) is 0 Å². The molecule has 0 saturated heterocycles. The second-order valence-corrected chi connectivity index (χ2v) is 6.33. The maximum atomic E-state index is 9.94. The van der Waals surface area contributed by atoms with Crippen LogP contribution in [0.25, 0.3) is 0 Å². The first-order chi connectivity index (χ1) is 10.3. The molecule has 0 atom stereocenters. The molecule has 0 aromatic heterocycles.